The fraction of sp³-hybridized carbons (Fsp3) is 0.520. The fourth-order valence-electron chi connectivity index (χ4n) is 4.29. The van der Waals surface area contributed by atoms with Gasteiger partial charge in [-0.05, 0) is 55.1 Å². The second-order valence-electron chi connectivity index (χ2n) is 9.09. The Kier molecular flexibility index (Phi) is 7.02. The normalized spacial score (nSPS) is 17.2. The summed E-state index contributed by atoms with van der Waals surface area (Å²) in [4.78, 5) is 27.2. The maximum absolute atomic E-state index is 13.2. The van der Waals surface area contributed by atoms with Gasteiger partial charge >= 0.3 is 5.97 Å². The molecule has 1 aliphatic rings. The lowest BCUT2D eigenvalue weighted by molar-refractivity contribution is -0.117. The number of thiophene rings is 1. The van der Waals surface area contributed by atoms with Crippen molar-refractivity contribution >= 4 is 28.2 Å². The van der Waals surface area contributed by atoms with Crippen LogP contribution in [0.5, 0.6) is 0 Å². The van der Waals surface area contributed by atoms with Crippen LogP contribution in [-0.2, 0) is 22.4 Å². The minimum Gasteiger partial charge on any atom is -0.462 e. The highest BCUT2D eigenvalue weighted by atomic mass is 32.1. The molecule has 1 aromatic heterocycles. The number of ether oxygens (including phenoxy) is 1. The number of hydrogen-bond donors (Lipinski definition) is 1. The van der Waals surface area contributed by atoms with E-state index in [0.29, 0.717) is 29.5 Å². The molecular formula is C25H33NO3S. The van der Waals surface area contributed by atoms with Crippen LogP contribution in [0.4, 0.5) is 5.00 Å². The molecule has 3 rings (SSSR count). The van der Waals surface area contributed by atoms with Gasteiger partial charge in [0.25, 0.3) is 0 Å². The second-order valence-corrected chi connectivity index (χ2v) is 10.2. The second kappa shape index (κ2) is 9.34. The molecule has 1 amide bonds. The van der Waals surface area contributed by atoms with Gasteiger partial charge in [0.1, 0.15) is 5.00 Å². The van der Waals surface area contributed by atoms with Crippen molar-refractivity contribution in [3.05, 3.63) is 51.9 Å². The number of amides is 1. The van der Waals surface area contributed by atoms with Crippen molar-refractivity contribution in [3.63, 3.8) is 0 Å². The number of anilines is 1. The predicted molar refractivity (Wildman–Crippen MR) is 123 cm³/mol. The highest BCUT2D eigenvalue weighted by Crippen LogP contribution is 2.44. The molecule has 1 aliphatic carbocycles. The van der Waals surface area contributed by atoms with Gasteiger partial charge in [-0.25, -0.2) is 4.79 Å². The van der Waals surface area contributed by atoms with Gasteiger partial charge in [-0.2, -0.15) is 0 Å². The highest BCUT2D eigenvalue weighted by Gasteiger charge is 2.35. The average Bonchev–Trinajstić information content (AvgIpc) is 3.06. The monoisotopic (exact) mass is 427 g/mol. The molecule has 0 spiro atoms. The summed E-state index contributed by atoms with van der Waals surface area (Å²) in [5.41, 5.74) is 2.85. The summed E-state index contributed by atoms with van der Waals surface area (Å²) in [5, 5.41) is 3.73. The van der Waals surface area contributed by atoms with E-state index in [2.05, 4.69) is 26.1 Å². The Morgan fingerprint density at radius 2 is 1.90 bits per heavy atom. The van der Waals surface area contributed by atoms with Crippen LogP contribution in [0.25, 0.3) is 0 Å². The van der Waals surface area contributed by atoms with Gasteiger partial charge in [-0.15, -0.1) is 11.3 Å². The van der Waals surface area contributed by atoms with Crippen molar-refractivity contribution in [2.45, 2.75) is 66.2 Å². The molecule has 0 radical (unpaired) electrons. The van der Waals surface area contributed by atoms with E-state index in [9.17, 15) is 9.59 Å². The first-order valence-corrected chi connectivity index (χ1v) is 11.7. The molecule has 0 aliphatic heterocycles. The Hall–Kier alpha value is -2.14. The Morgan fingerprint density at radius 1 is 1.20 bits per heavy atom. The topological polar surface area (TPSA) is 55.4 Å². The Balaban J connectivity index is 1.93. The first-order valence-electron chi connectivity index (χ1n) is 10.9. The third kappa shape index (κ3) is 4.77. The highest BCUT2D eigenvalue weighted by molar-refractivity contribution is 7.17. The number of benzene rings is 1. The number of hydrogen-bond acceptors (Lipinski definition) is 4. The average molecular weight is 428 g/mol. The molecule has 0 bridgehead atoms. The zero-order chi connectivity index (χ0) is 21.9. The molecule has 0 saturated heterocycles. The van der Waals surface area contributed by atoms with Gasteiger partial charge in [0.05, 0.1) is 18.1 Å². The van der Waals surface area contributed by atoms with E-state index >= 15 is 0 Å². The molecule has 0 saturated carbocycles. The van der Waals surface area contributed by atoms with Gasteiger partial charge < -0.3 is 10.1 Å². The number of carbonyl (C=O) groups excluding carboxylic acids is 2. The minimum atomic E-state index is -0.327. The van der Waals surface area contributed by atoms with Crippen molar-refractivity contribution in [3.8, 4) is 0 Å². The lowest BCUT2D eigenvalue weighted by Gasteiger charge is -2.33. The third-order valence-electron chi connectivity index (χ3n) is 6.13. The molecule has 0 fully saturated rings. The van der Waals surface area contributed by atoms with Crippen molar-refractivity contribution in [2.24, 2.45) is 11.3 Å². The third-order valence-corrected chi connectivity index (χ3v) is 7.30. The van der Waals surface area contributed by atoms with Gasteiger partial charge in [-0.1, -0.05) is 58.0 Å². The minimum absolute atomic E-state index is 0.0692. The first-order chi connectivity index (χ1) is 14.3. The summed E-state index contributed by atoms with van der Waals surface area (Å²) < 4.78 is 5.36. The molecule has 1 N–H and O–H groups in total. The fourth-order valence-corrected chi connectivity index (χ4v) is 5.61. The van der Waals surface area contributed by atoms with Crippen LogP contribution in [0, 0.1) is 11.3 Å². The number of esters is 1. The Bertz CT molecular complexity index is 895. The van der Waals surface area contributed by atoms with Crippen molar-refractivity contribution < 1.29 is 14.3 Å². The van der Waals surface area contributed by atoms with Crippen LogP contribution in [0.2, 0.25) is 0 Å². The van der Waals surface area contributed by atoms with E-state index in [1.54, 1.807) is 11.3 Å². The van der Waals surface area contributed by atoms with E-state index < -0.39 is 0 Å². The van der Waals surface area contributed by atoms with Crippen LogP contribution < -0.4 is 5.32 Å². The van der Waals surface area contributed by atoms with Gasteiger partial charge in [0.15, 0.2) is 0 Å². The van der Waals surface area contributed by atoms with E-state index in [4.69, 9.17) is 4.74 Å². The van der Waals surface area contributed by atoms with E-state index in [-0.39, 0.29) is 23.2 Å². The van der Waals surface area contributed by atoms with E-state index in [1.165, 1.54) is 4.88 Å². The summed E-state index contributed by atoms with van der Waals surface area (Å²) in [5.74, 6) is -0.0786. The lowest BCUT2D eigenvalue weighted by Crippen LogP contribution is -2.26. The quantitative estimate of drug-likeness (QED) is 0.558. The van der Waals surface area contributed by atoms with Crippen molar-refractivity contribution in [2.75, 3.05) is 11.9 Å². The van der Waals surface area contributed by atoms with Crippen LogP contribution in [-0.4, -0.2) is 18.5 Å². The zero-order valence-corrected chi connectivity index (χ0v) is 19.5. The van der Waals surface area contributed by atoms with Gasteiger partial charge in [0.2, 0.25) is 5.91 Å². The molecule has 5 heteroatoms. The molecule has 162 valence electrons. The zero-order valence-electron chi connectivity index (χ0n) is 18.7. The number of nitrogens with one attached hydrogen (secondary N) is 1. The van der Waals surface area contributed by atoms with Crippen LogP contribution in [0.3, 0.4) is 0 Å². The van der Waals surface area contributed by atoms with Crippen molar-refractivity contribution in [1.29, 1.82) is 0 Å². The molecule has 4 nitrogen and oxygen atoms in total. The van der Waals surface area contributed by atoms with Gasteiger partial charge in [-0.3, -0.25) is 4.79 Å². The molecule has 2 aromatic rings. The Labute approximate surface area is 184 Å². The molecular weight excluding hydrogens is 394 g/mol. The maximum atomic E-state index is 13.2. The van der Waals surface area contributed by atoms with E-state index in [1.807, 2.05) is 44.2 Å². The number of fused-ring (bicyclic) bond motifs is 1. The summed E-state index contributed by atoms with van der Waals surface area (Å²) in [6.45, 7) is 11.0. The Morgan fingerprint density at radius 3 is 2.50 bits per heavy atom. The lowest BCUT2D eigenvalue weighted by atomic mass is 9.72. The maximum Gasteiger partial charge on any atom is 0.341 e. The van der Waals surface area contributed by atoms with Crippen LogP contribution >= 0.6 is 11.3 Å². The molecule has 1 aromatic carbocycles. The predicted octanol–water partition coefficient (Wildman–Crippen LogP) is 6.21. The first kappa shape index (κ1) is 22.5. The number of rotatable bonds is 6. The molecule has 0 unspecified atom stereocenters. The standard InChI is InChI=1S/C25H33NO3S/c1-6-18(16-11-9-8-10-12-16)22(27)26-23-21(24(28)29-7-2)19-14-13-17(25(3,4)5)15-20(19)30-23/h8-12,17-18H,6-7,13-15H2,1-5H3,(H,26,27)/t17-,18+/m0/s1. The van der Waals surface area contributed by atoms with Crippen LogP contribution in [0.15, 0.2) is 30.3 Å². The van der Waals surface area contributed by atoms with Crippen molar-refractivity contribution in [1.82, 2.24) is 0 Å². The summed E-state index contributed by atoms with van der Waals surface area (Å²) in [7, 11) is 0. The smallest absolute Gasteiger partial charge is 0.341 e. The van der Waals surface area contributed by atoms with E-state index in [0.717, 1.165) is 30.4 Å². The summed E-state index contributed by atoms with van der Waals surface area (Å²) >= 11 is 1.55. The molecule has 30 heavy (non-hydrogen) atoms. The summed E-state index contributed by atoms with van der Waals surface area (Å²) in [6.07, 6.45) is 3.55. The summed E-state index contributed by atoms with van der Waals surface area (Å²) in [6, 6.07) is 9.81. The largest absolute Gasteiger partial charge is 0.462 e. The number of carbonyl (C=O) groups is 2. The SMILES string of the molecule is CCOC(=O)c1c(NC(=O)[C@H](CC)c2ccccc2)sc2c1CC[C@H](C(C)(C)C)C2. The van der Waals surface area contributed by atoms with Crippen LogP contribution in [0.1, 0.15) is 79.7 Å². The van der Waals surface area contributed by atoms with Gasteiger partial charge in [0, 0.05) is 4.88 Å². The molecule has 1 heterocycles. The molecule has 2 atom stereocenters.